The van der Waals surface area contributed by atoms with Crippen molar-refractivity contribution in [3.05, 3.63) is 23.1 Å². The standard InChI is InChI=1S/C13H15ClN2O4/c14-11-4-3-10(20-11)13(18)16-5-6-19-7-9(16)12(17)15-8-1-2-8/h3-4,8-9H,1-2,5-7H2,(H,15,17). The van der Waals surface area contributed by atoms with Crippen LogP contribution in [-0.4, -0.2) is 48.6 Å². The minimum atomic E-state index is -0.610. The Labute approximate surface area is 121 Å². The van der Waals surface area contributed by atoms with E-state index < -0.39 is 6.04 Å². The van der Waals surface area contributed by atoms with Crippen molar-refractivity contribution < 1.29 is 18.7 Å². The quantitative estimate of drug-likeness (QED) is 0.905. The van der Waals surface area contributed by atoms with Crippen LogP contribution in [0.3, 0.4) is 0 Å². The molecule has 3 rings (SSSR count). The Balaban J connectivity index is 1.73. The second-order valence-electron chi connectivity index (χ2n) is 4.98. The number of halogens is 1. The summed E-state index contributed by atoms with van der Waals surface area (Å²) in [4.78, 5) is 26.0. The molecule has 6 nitrogen and oxygen atoms in total. The lowest BCUT2D eigenvalue weighted by molar-refractivity contribution is -0.130. The minimum Gasteiger partial charge on any atom is -0.440 e. The van der Waals surface area contributed by atoms with Crippen molar-refractivity contribution in [3.63, 3.8) is 0 Å². The highest BCUT2D eigenvalue weighted by atomic mass is 35.5. The third-order valence-corrected chi connectivity index (χ3v) is 3.60. The molecule has 1 saturated carbocycles. The molecule has 0 radical (unpaired) electrons. The van der Waals surface area contributed by atoms with Gasteiger partial charge >= 0.3 is 0 Å². The predicted octanol–water partition coefficient (Wildman–Crippen LogP) is 1.05. The number of amides is 2. The lowest BCUT2D eigenvalue weighted by atomic mass is 10.2. The molecule has 1 aromatic heterocycles. The van der Waals surface area contributed by atoms with E-state index in [1.807, 2.05) is 0 Å². The number of morpholine rings is 1. The van der Waals surface area contributed by atoms with Gasteiger partial charge in [0.1, 0.15) is 6.04 Å². The van der Waals surface area contributed by atoms with Crippen LogP contribution in [0.4, 0.5) is 0 Å². The van der Waals surface area contributed by atoms with Gasteiger partial charge < -0.3 is 19.4 Å². The van der Waals surface area contributed by atoms with Gasteiger partial charge in [-0.15, -0.1) is 0 Å². The Morgan fingerprint density at radius 1 is 1.35 bits per heavy atom. The molecule has 0 aromatic carbocycles. The Kier molecular flexibility index (Phi) is 3.67. The van der Waals surface area contributed by atoms with Crippen LogP contribution in [0.2, 0.25) is 5.22 Å². The van der Waals surface area contributed by atoms with E-state index >= 15 is 0 Å². The highest BCUT2D eigenvalue weighted by molar-refractivity contribution is 6.29. The van der Waals surface area contributed by atoms with E-state index in [1.165, 1.54) is 17.0 Å². The Morgan fingerprint density at radius 3 is 2.80 bits per heavy atom. The Bertz CT molecular complexity index is 526. The van der Waals surface area contributed by atoms with Crippen LogP contribution < -0.4 is 5.32 Å². The second-order valence-corrected chi connectivity index (χ2v) is 5.35. The van der Waals surface area contributed by atoms with Gasteiger partial charge in [0, 0.05) is 12.6 Å². The Morgan fingerprint density at radius 2 is 2.15 bits per heavy atom. The summed E-state index contributed by atoms with van der Waals surface area (Å²) >= 11 is 5.68. The zero-order valence-corrected chi connectivity index (χ0v) is 11.6. The average molecular weight is 299 g/mol. The number of hydrogen-bond acceptors (Lipinski definition) is 4. The van der Waals surface area contributed by atoms with Crippen molar-refractivity contribution in [1.29, 1.82) is 0 Å². The first kappa shape index (κ1) is 13.5. The van der Waals surface area contributed by atoms with Crippen LogP contribution in [0, 0.1) is 0 Å². The van der Waals surface area contributed by atoms with Crippen LogP contribution in [0.15, 0.2) is 16.5 Å². The zero-order chi connectivity index (χ0) is 14.1. The molecule has 1 aliphatic carbocycles. The van der Waals surface area contributed by atoms with E-state index in [9.17, 15) is 9.59 Å². The number of nitrogens with zero attached hydrogens (tertiary/aromatic N) is 1. The van der Waals surface area contributed by atoms with Crippen LogP contribution in [0.5, 0.6) is 0 Å². The number of carbonyl (C=O) groups is 2. The van der Waals surface area contributed by atoms with E-state index in [4.69, 9.17) is 20.8 Å². The van der Waals surface area contributed by atoms with Gasteiger partial charge in [0.2, 0.25) is 5.91 Å². The molecule has 7 heteroatoms. The highest BCUT2D eigenvalue weighted by Gasteiger charge is 2.36. The van der Waals surface area contributed by atoms with Crippen molar-refractivity contribution >= 4 is 23.4 Å². The van der Waals surface area contributed by atoms with Gasteiger partial charge in [0.15, 0.2) is 11.0 Å². The minimum absolute atomic E-state index is 0.140. The lowest BCUT2D eigenvalue weighted by Gasteiger charge is -2.34. The van der Waals surface area contributed by atoms with Gasteiger partial charge in [-0.05, 0) is 36.6 Å². The first-order valence-electron chi connectivity index (χ1n) is 6.59. The van der Waals surface area contributed by atoms with Gasteiger partial charge in [0.05, 0.1) is 13.2 Å². The van der Waals surface area contributed by atoms with Gasteiger partial charge in [-0.25, -0.2) is 0 Å². The van der Waals surface area contributed by atoms with E-state index in [0.717, 1.165) is 12.8 Å². The molecule has 2 fully saturated rings. The van der Waals surface area contributed by atoms with Gasteiger partial charge in [-0.2, -0.15) is 0 Å². The molecule has 1 aliphatic heterocycles. The van der Waals surface area contributed by atoms with E-state index in [-0.39, 0.29) is 35.4 Å². The van der Waals surface area contributed by atoms with Crippen LogP contribution >= 0.6 is 11.6 Å². The molecule has 108 valence electrons. The molecule has 1 N–H and O–H groups in total. The number of ether oxygens (including phenoxy) is 1. The van der Waals surface area contributed by atoms with Crippen LogP contribution in [-0.2, 0) is 9.53 Å². The number of nitrogens with one attached hydrogen (secondary N) is 1. The summed E-state index contributed by atoms with van der Waals surface area (Å²) in [5, 5.41) is 3.05. The largest absolute Gasteiger partial charge is 0.440 e. The zero-order valence-electron chi connectivity index (χ0n) is 10.8. The van der Waals surface area contributed by atoms with Crippen molar-refractivity contribution in [2.24, 2.45) is 0 Å². The number of rotatable bonds is 3. The number of carbonyl (C=O) groups excluding carboxylic acids is 2. The molecular formula is C13H15ClN2O4. The van der Waals surface area contributed by atoms with Crippen molar-refractivity contribution in [1.82, 2.24) is 10.2 Å². The van der Waals surface area contributed by atoms with Crippen LogP contribution in [0.1, 0.15) is 23.4 Å². The van der Waals surface area contributed by atoms with E-state index in [2.05, 4.69) is 5.32 Å². The van der Waals surface area contributed by atoms with Crippen molar-refractivity contribution in [3.8, 4) is 0 Å². The first-order chi connectivity index (χ1) is 9.65. The fourth-order valence-corrected chi connectivity index (χ4v) is 2.31. The van der Waals surface area contributed by atoms with Crippen LogP contribution in [0.25, 0.3) is 0 Å². The molecule has 20 heavy (non-hydrogen) atoms. The molecule has 2 heterocycles. The van der Waals surface area contributed by atoms with Crippen molar-refractivity contribution in [2.45, 2.75) is 24.9 Å². The summed E-state index contributed by atoms with van der Waals surface area (Å²) in [6.07, 6.45) is 2.00. The molecule has 1 aromatic rings. The molecule has 1 atom stereocenters. The maximum absolute atomic E-state index is 12.4. The molecular weight excluding hydrogens is 284 g/mol. The van der Waals surface area contributed by atoms with Crippen molar-refractivity contribution in [2.75, 3.05) is 19.8 Å². The normalized spacial score (nSPS) is 22.6. The molecule has 1 unspecified atom stereocenters. The van der Waals surface area contributed by atoms with E-state index in [1.54, 1.807) is 0 Å². The fourth-order valence-electron chi connectivity index (χ4n) is 2.16. The molecule has 0 bridgehead atoms. The monoisotopic (exact) mass is 298 g/mol. The molecule has 2 amide bonds. The first-order valence-corrected chi connectivity index (χ1v) is 6.97. The van der Waals surface area contributed by atoms with E-state index in [0.29, 0.717) is 13.2 Å². The summed E-state index contributed by atoms with van der Waals surface area (Å²) in [5.74, 6) is -0.365. The lowest BCUT2D eigenvalue weighted by Crippen LogP contribution is -2.56. The third-order valence-electron chi connectivity index (χ3n) is 3.40. The molecule has 1 saturated heterocycles. The summed E-state index contributed by atoms with van der Waals surface area (Å²) in [5.41, 5.74) is 0. The predicted molar refractivity (Wildman–Crippen MR) is 70.5 cm³/mol. The topological polar surface area (TPSA) is 71.8 Å². The maximum Gasteiger partial charge on any atom is 0.290 e. The number of hydrogen-bond donors (Lipinski definition) is 1. The molecule has 0 spiro atoms. The SMILES string of the molecule is O=C(NC1CC1)C1COCCN1C(=O)c1ccc(Cl)o1. The third kappa shape index (κ3) is 2.81. The number of furan rings is 1. The summed E-state index contributed by atoms with van der Waals surface area (Å²) in [6.45, 7) is 0.978. The summed E-state index contributed by atoms with van der Waals surface area (Å²) in [6, 6.07) is 2.66. The van der Waals surface area contributed by atoms with Gasteiger partial charge in [0.25, 0.3) is 5.91 Å². The second kappa shape index (κ2) is 5.46. The summed E-state index contributed by atoms with van der Waals surface area (Å²) in [7, 11) is 0. The van der Waals surface area contributed by atoms with Gasteiger partial charge in [-0.3, -0.25) is 9.59 Å². The summed E-state index contributed by atoms with van der Waals surface area (Å²) < 4.78 is 10.4. The Hall–Kier alpha value is -1.53. The highest BCUT2D eigenvalue weighted by Crippen LogP contribution is 2.21. The fraction of sp³-hybridized carbons (Fsp3) is 0.538. The maximum atomic E-state index is 12.4. The smallest absolute Gasteiger partial charge is 0.290 e. The van der Waals surface area contributed by atoms with Gasteiger partial charge in [-0.1, -0.05) is 0 Å². The molecule has 2 aliphatic rings. The average Bonchev–Trinajstić information content (AvgIpc) is 3.16.